The van der Waals surface area contributed by atoms with Gasteiger partial charge >= 0.3 is 5.97 Å². The van der Waals surface area contributed by atoms with E-state index in [4.69, 9.17) is 4.74 Å². The minimum atomic E-state index is -0.159. The summed E-state index contributed by atoms with van der Waals surface area (Å²) in [6.07, 6.45) is 5.81. The van der Waals surface area contributed by atoms with E-state index in [1.165, 1.54) is 38.4 Å². The van der Waals surface area contributed by atoms with E-state index in [1.54, 1.807) is 0 Å². The monoisotopic (exact) mass is 292 g/mol. The van der Waals surface area contributed by atoms with Gasteiger partial charge in [0.05, 0.1) is 13.5 Å². The van der Waals surface area contributed by atoms with Gasteiger partial charge in [0.25, 0.3) is 0 Å². The van der Waals surface area contributed by atoms with Crippen LogP contribution in [0.4, 0.5) is 0 Å². The van der Waals surface area contributed by atoms with Gasteiger partial charge in [0.1, 0.15) is 0 Å². The van der Waals surface area contributed by atoms with Crippen molar-refractivity contribution < 1.29 is 9.53 Å². The lowest BCUT2D eigenvalue weighted by atomic mass is 9.91. The molecular weight excluding hydrogens is 268 g/mol. The number of thioether (sulfide) groups is 1. The van der Waals surface area contributed by atoms with E-state index in [2.05, 4.69) is 30.8 Å². The third-order valence-corrected chi connectivity index (χ3v) is 5.42. The summed E-state index contributed by atoms with van der Waals surface area (Å²) < 4.78 is 4.77. The highest BCUT2D eigenvalue weighted by Gasteiger charge is 2.19. The van der Waals surface area contributed by atoms with E-state index in [0.29, 0.717) is 6.42 Å². The second-order valence-electron chi connectivity index (χ2n) is 5.73. The molecule has 1 aromatic rings. The predicted octanol–water partition coefficient (Wildman–Crippen LogP) is 4.21. The Hall–Kier alpha value is -0.960. The first-order chi connectivity index (χ1) is 9.69. The molecule has 110 valence electrons. The highest BCUT2D eigenvalue weighted by Crippen LogP contribution is 2.34. The smallest absolute Gasteiger partial charge is 0.309 e. The summed E-state index contributed by atoms with van der Waals surface area (Å²) in [4.78, 5) is 11.5. The van der Waals surface area contributed by atoms with Crippen LogP contribution in [0.2, 0.25) is 0 Å². The van der Waals surface area contributed by atoms with Crippen LogP contribution in [0, 0.1) is 5.92 Å². The van der Waals surface area contributed by atoms with Crippen LogP contribution >= 0.6 is 11.8 Å². The Morgan fingerprint density at radius 3 is 2.75 bits per heavy atom. The molecule has 0 amide bonds. The Morgan fingerprint density at radius 2 is 2.05 bits per heavy atom. The molecular formula is C17H24O2S. The van der Waals surface area contributed by atoms with Crippen molar-refractivity contribution in [2.45, 2.75) is 50.0 Å². The van der Waals surface area contributed by atoms with Gasteiger partial charge in [-0.05, 0) is 29.9 Å². The Labute approximate surface area is 126 Å². The van der Waals surface area contributed by atoms with Crippen LogP contribution < -0.4 is 0 Å². The zero-order valence-electron chi connectivity index (χ0n) is 12.4. The molecule has 2 nitrogen and oxygen atoms in total. The average molecular weight is 292 g/mol. The maximum atomic E-state index is 11.5. The number of rotatable bonds is 5. The fraction of sp³-hybridized carbons (Fsp3) is 0.588. The molecule has 1 saturated carbocycles. The second-order valence-corrected chi connectivity index (χ2v) is 7.02. The van der Waals surface area contributed by atoms with Crippen LogP contribution in [0.3, 0.4) is 0 Å². The Morgan fingerprint density at radius 1 is 1.30 bits per heavy atom. The van der Waals surface area contributed by atoms with Crippen LogP contribution in [0.1, 0.15) is 43.7 Å². The fourth-order valence-electron chi connectivity index (χ4n) is 2.84. The van der Waals surface area contributed by atoms with E-state index < -0.39 is 0 Å². The summed E-state index contributed by atoms with van der Waals surface area (Å²) in [5.41, 5.74) is 2.39. The molecule has 1 fully saturated rings. The maximum absolute atomic E-state index is 11.5. The van der Waals surface area contributed by atoms with Gasteiger partial charge in [0.2, 0.25) is 0 Å². The zero-order chi connectivity index (χ0) is 14.4. The number of ether oxygens (including phenoxy) is 1. The largest absolute Gasteiger partial charge is 0.469 e. The number of esters is 1. The number of hydrogen-bond acceptors (Lipinski definition) is 3. The van der Waals surface area contributed by atoms with Crippen molar-refractivity contribution in [1.29, 1.82) is 0 Å². The fourth-order valence-corrected chi connectivity index (χ4v) is 4.33. The van der Waals surface area contributed by atoms with Gasteiger partial charge < -0.3 is 4.74 Å². The van der Waals surface area contributed by atoms with Gasteiger partial charge in [-0.25, -0.2) is 0 Å². The Bertz CT molecular complexity index is 444. The molecule has 0 heterocycles. The molecule has 2 unspecified atom stereocenters. The standard InChI is InChI=1S/C17H24O2S/c1-13-6-5-9-16(10-13)20-12-15-8-4-3-7-14(15)11-17(18)19-2/h3-4,7-8,13,16H,5-6,9-12H2,1-2H3. The molecule has 0 radical (unpaired) electrons. The summed E-state index contributed by atoms with van der Waals surface area (Å²) in [5, 5.41) is 0.782. The molecule has 1 aliphatic carbocycles. The summed E-state index contributed by atoms with van der Waals surface area (Å²) in [6, 6.07) is 8.23. The summed E-state index contributed by atoms with van der Waals surface area (Å²) in [6.45, 7) is 2.36. The van der Waals surface area contributed by atoms with Crippen molar-refractivity contribution in [3.63, 3.8) is 0 Å². The van der Waals surface area contributed by atoms with E-state index in [9.17, 15) is 4.79 Å². The van der Waals surface area contributed by atoms with Crippen molar-refractivity contribution >= 4 is 17.7 Å². The van der Waals surface area contributed by atoms with Gasteiger partial charge in [-0.15, -0.1) is 0 Å². The summed E-state index contributed by atoms with van der Waals surface area (Å²) in [5.74, 6) is 1.71. The van der Waals surface area contributed by atoms with Crippen molar-refractivity contribution in [2.24, 2.45) is 5.92 Å². The van der Waals surface area contributed by atoms with E-state index in [1.807, 2.05) is 12.1 Å². The molecule has 2 rings (SSSR count). The van der Waals surface area contributed by atoms with Crippen LogP contribution in [0.15, 0.2) is 24.3 Å². The van der Waals surface area contributed by atoms with Crippen molar-refractivity contribution in [1.82, 2.24) is 0 Å². The minimum absolute atomic E-state index is 0.159. The first kappa shape index (κ1) is 15.4. The van der Waals surface area contributed by atoms with E-state index >= 15 is 0 Å². The minimum Gasteiger partial charge on any atom is -0.469 e. The Balaban J connectivity index is 1.93. The number of carbonyl (C=O) groups is 1. The van der Waals surface area contributed by atoms with Gasteiger partial charge in [-0.3, -0.25) is 4.79 Å². The first-order valence-corrected chi connectivity index (χ1v) is 8.49. The van der Waals surface area contributed by atoms with Crippen LogP contribution in [-0.2, 0) is 21.7 Å². The lowest BCUT2D eigenvalue weighted by molar-refractivity contribution is -0.139. The zero-order valence-corrected chi connectivity index (χ0v) is 13.2. The second kappa shape index (κ2) is 7.72. The number of benzene rings is 1. The number of hydrogen-bond donors (Lipinski definition) is 0. The van der Waals surface area contributed by atoms with Crippen molar-refractivity contribution in [2.75, 3.05) is 7.11 Å². The van der Waals surface area contributed by atoms with Gasteiger partial charge in [-0.1, -0.05) is 44.0 Å². The summed E-state index contributed by atoms with van der Waals surface area (Å²) >= 11 is 2.05. The highest BCUT2D eigenvalue weighted by molar-refractivity contribution is 7.99. The SMILES string of the molecule is COC(=O)Cc1ccccc1CSC1CCCC(C)C1. The predicted molar refractivity (Wildman–Crippen MR) is 84.9 cm³/mol. The molecule has 1 aliphatic rings. The molecule has 0 N–H and O–H groups in total. The van der Waals surface area contributed by atoms with E-state index in [0.717, 1.165) is 22.5 Å². The topological polar surface area (TPSA) is 26.3 Å². The quantitative estimate of drug-likeness (QED) is 0.760. The van der Waals surface area contributed by atoms with Gasteiger partial charge in [0, 0.05) is 11.0 Å². The average Bonchev–Trinajstić information content (AvgIpc) is 2.46. The number of carbonyl (C=O) groups excluding carboxylic acids is 1. The van der Waals surface area contributed by atoms with Gasteiger partial charge in [-0.2, -0.15) is 11.8 Å². The molecule has 0 saturated heterocycles. The van der Waals surface area contributed by atoms with Crippen molar-refractivity contribution in [3.8, 4) is 0 Å². The highest BCUT2D eigenvalue weighted by atomic mass is 32.2. The molecule has 0 spiro atoms. The van der Waals surface area contributed by atoms with Crippen LogP contribution in [0.5, 0.6) is 0 Å². The van der Waals surface area contributed by atoms with Crippen LogP contribution in [0.25, 0.3) is 0 Å². The van der Waals surface area contributed by atoms with Gasteiger partial charge in [0.15, 0.2) is 0 Å². The lowest BCUT2D eigenvalue weighted by Gasteiger charge is -2.26. The lowest BCUT2D eigenvalue weighted by Crippen LogP contribution is -2.15. The first-order valence-electron chi connectivity index (χ1n) is 7.44. The maximum Gasteiger partial charge on any atom is 0.309 e. The third kappa shape index (κ3) is 4.55. The summed E-state index contributed by atoms with van der Waals surface area (Å²) in [7, 11) is 1.45. The molecule has 20 heavy (non-hydrogen) atoms. The molecule has 0 bridgehead atoms. The molecule has 3 heteroatoms. The van der Waals surface area contributed by atoms with Crippen LogP contribution in [-0.4, -0.2) is 18.3 Å². The van der Waals surface area contributed by atoms with E-state index in [-0.39, 0.29) is 5.97 Å². The number of methoxy groups -OCH3 is 1. The normalized spacial score (nSPS) is 22.5. The van der Waals surface area contributed by atoms with Crippen molar-refractivity contribution in [3.05, 3.63) is 35.4 Å². The Kier molecular flexibility index (Phi) is 5.96. The molecule has 0 aliphatic heterocycles. The molecule has 0 aromatic heterocycles. The molecule has 1 aromatic carbocycles. The molecule has 2 atom stereocenters. The third-order valence-electron chi connectivity index (χ3n) is 4.04.